The summed E-state index contributed by atoms with van der Waals surface area (Å²) in [5.41, 5.74) is 11.4. The van der Waals surface area contributed by atoms with Crippen LogP contribution in [-0.2, 0) is 6.54 Å². The fourth-order valence-corrected chi connectivity index (χ4v) is 5.28. The van der Waals surface area contributed by atoms with Crippen molar-refractivity contribution in [2.24, 2.45) is 5.73 Å². The highest BCUT2D eigenvalue weighted by Gasteiger charge is 2.30. The van der Waals surface area contributed by atoms with Gasteiger partial charge in [0.25, 0.3) is 5.91 Å². The molecule has 3 aliphatic rings. The number of ether oxygens (including phenoxy) is 1. The lowest BCUT2D eigenvalue weighted by Crippen LogP contribution is -2.46. The monoisotopic (exact) mass is 472 g/mol. The Balaban J connectivity index is 1.21. The molecule has 1 amide bonds. The second kappa shape index (κ2) is 10.3. The molecule has 0 bridgehead atoms. The van der Waals surface area contributed by atoms with E-state index in [4.69, 9.17) is 10.5 Å². The number of hydrogen-bond donors (Lipinski definition) is 1. The number of piperazine rings is 1. The van der Waals surface area contributed by atoms with Gasteiger partial charge in [0, 0.05) is 56.6 Å². The Hall–Kier alpha value is -3.09. The van der Waals surface area contributed by atoms with Crippen molar-refractivity contribution in [3.8, 4) is 5.75 Å². The second-order valence-corrected chi connectivity index (χ2v) is 9.99. The van der Waals surface area contributed by atoms with E-state index in [0.717, 1.165) is 69.1 Å². The van der Waals surface area contributed by atoms with Crippen LogP contribution in [0.3, 0.4) is 0 Å². The van der Waals surface area contributed by atoms with Gasteiger partial charge in [-0.25, -0.2) is 0 Å². The number of likely N-dealkylation sites (tertiary alicyclic amines) is 1. The van der Waals surface area contributed by atoms with E-state index in [1.54, 1.807) is 0 Å². The molecule has 1 atom stereocenters. The first-order valence-electron chi connectivity index (χ1n) is 12.8. The average Bonchev–Trinajstić information content (AvgIpc) is 3.27. The number of anilines is 1. The first-order chi connectivity index (χ1) is 17.0. The van der Waals surface area contributed by atoms with Crippen LogP contribution in [-0.4, -0.2) is 60.6 Å². The molecule has 0 spiro atoms. The van der Waals surface area contributed by atoms with Crippen molar-refractivity contribution in [3.05, 3.63) is 83.1 Å². The SMILES string of the molecule is CC(C)Oc1ccccc1N1CCN(Cc2cccc(C(=O)N3CCC4=CC(N)CC=C43)c2)CC1. The molecule has 184 valence electrons. The normalized spacial score (nSPS) is 20.5. The smallest absolute Gasteiger partial charge is 0.258 e. The highest BCUT2D eigenvalue weighted by molar-refractivity contribution is 5.96. The molecule has 2 saturated heterocycles. The summed E-state index contributed by atoms with van der Waals surface area (Å²) in [6.07, 6.45) is 6.08. The van der Waals surface area contributed by atoms with Crippen LogP contribution in [0.25, 0.3) is 0 Å². The van der Waals surface area contributed by atoms with Crippen LogP contribution < -0.4 is 15.4 Å². The molecule has 0 radical (unpaired) electrons. The van der Waals surface area contributed by atoms with Gasteiger partial charge < -0.3 is 20.3 Å². The topological polar surface area (TPSA) is 62.0 Å². The van der Waals surface area contributed by atoms with E-state index in [2.05, 4.69) is 66.1 Å². The van der Waals surface area contributed by atoms with E-state index in [-0.39, 0.29) is 18.1 Å². The third-order valence-corrected chi connectivity index (χ3v) is 6.99. The molecule has 6 nitrogen and oxygen atoms in total. The molecule has 2 N–H and O–H groups in total. The van der Waals surface area contributed by atoms with E-state index >= 15 is 0 Å². The minimum Gasteiger partial charge on any atom is -0.489 e. The third kappa shape index (κ3) is 5.29. The summed E-state index contributed by atoms with van der Waals surface area (Å²) in [6, 6.07) is 16.5. The number of hydrogen-bond acceptors (Lipinski definition) is 5. The van der Waals surface area contributed by atoms with Crippen LogP contribution in [0.1, 0.15) is 42.6 Å². The van der Waals surface area contributed by atoms with Gasteiger partial charge in [0.15, 0.2) is 0 Å². The molecule has 1 unspecified atom stereocenters. The summed E-state index contributed by atoms with van der Waals surface area (Å²) in [5.74, 6) is 1.04. The van der Waals surface area contributed by atoms with Crippen molar-refractivity contribution in [2.75, 3.05) is 37.6 Å². The quantitative estimate of drug-likeness (QED) is 0.683. The van der Waals surface area contributed by atoms with Crippen molar-refractivity contribution < 1.29 is 9.53 Å². The molecule has 1 aliphatic carbocycles. The van der Waals surface area contributed by atoms with Crippen LogP contribution in [0.15, 0.2) is 72.0 Å². The van der Waals surface area contributed by atoms with Gasteiger partial charge in [-0.15, -0.1) is 0 Å². The predicted octanol–water partition coefficient (Wildman–Crippen LogP) is 4.18. The van der Waals surface area contributed by atoms with Crippen molar-refractivity contribution in [1.29, 1.82) is 0 Å². The van der Waals surface area contributed by atoms with Gasteiger partial charge in [-0.05, 0) is 62.1 Å². The van der Waals surface area contributed by atoms with Crippen molar-refractivity contribution in [3.63, 3.8) is 0 Å². The lowest BCUT2D eigenvalue weighted by molar-refractivity contribution is 0.0825. The number of carbonyl (C=O) groups is 1. The summed E-state index contributed by atoms with van der Waals surface area (Å²) < 4.78 is 6.03. The summed E-state index contributed by atoms with van der Waals surface area (Å²) in [4.78, 5) is 20.1. The first-order valence-corrected chi connectivity index (χ1v) is 12.8. The predicted molar refractivity (Wildman–Crippen MR) is 141 cm³/mol. The highest BCUT2D eigenvalue weighted by atomic mass is 16.5. The van der Waals surface area contributed by atoms with E-state index in [1.165, 1.54) is 16.8 Å². The summed E-state index contributed by atoms with van der Waals surface area (Å²) in [7, 11) is 0. The van der Waals surface area contributed by atoms with Crippen molar-refractivity contribution in [1.82, 2.24) is 9.80 Å². The Kier molecular flexibility index (Phi) is 6.93. The largest absolute Gasteiger partial charge is 0.489 e. The molecule has 35 heavy (non-hydrogen) atoms. The zero-order valence-electron chi connectivity index (χ0n) is 20.8. The second-order valence-electron chi connectivity index (χ2n) is 9.99. The molecule has 2 fully saturated rings. The first kappa shape index (κ1) is 23.6. The highest BCUT2D eigenvalue weighted by Crippen LogP contribution is 2.33. The van der Waals surface area contributed by atoms with Crippen molar-refractivity contribution in [2.45, 2.75) is 45.4 Å². The number of para-hydroxylation sites is 2. The van der Waals surface area contributed by atoms with E-state index in [1.807, 2.05) is 23.1 Å². The van der Waals surface area contributed by atoms with Gasteiger partial charge in [-0.3, -0.25) is 9.69 Å². The molecule has 2 aliphatic heterocycles. The van der Waals surface area contributed by atoms with Gasteiger partial charge >= 0.3 is 0 Å². The van der Waals surface area contributed by atoms with Crippen molar-refractivity contribution >= 4 is 11.6 Å². The maximum atomic E-state index is 13.3. The Morgan fingerprint density at radius 2 is 1.86 bits per heavy atom. The lowest BCUT2D eigenvalue weighted by atomic mass is 10.0. The molecule has 2 aromatic carbocycles. The lowest BCUT2D eigenvalue weighted by Gasteiger charge is -2.37. The number of benzene rings is 2. The molecule has 2 aromatic rings. The zero-order chi connectivity index (χ0) is 24.4. The molecular formula is C29H36N4O2. The standard InChI is InChI=1S/C29H36N4O2/c1-21(2)35-28-9-4-3-8-27(28)32-16-14-31(15-17-32)20-22-6-5-7-24(18-22)29(34)33-13-12-23-19-25(30)10-11-26(23)33/h3-9,11,18-19,21,25H,10,12-17,20,30H2,1-2H3. The Morgan fingerprint density at radius 3 is 2.66 bits per heavy atom. The molecule has 2 heterocycles. The van der Waals surface area contributed by atoms with E-state index in [9.17, 15) is 4.79 Å². The zero-order valence-corrected chi connectivity index (χ0v) is 20.8. The van der Waals surface area contributed by atoms with Gasteiger partial charge in [0.1, 0.15) is 5.75 Å². The summed E-state index contributed by atoms with van der Waals surface area (Å²) >= 11 is 0. The number of allylic oxidation sites excluding steroid dienone is 1. The number of carbonyl (C=O) groups excluding carboxylic acids is 1. The van der Waals surface area contributed by atoms with Gasteiger partial charge in [0.2, 0.25) is 0 Å². The molecular weight excluding hydrogens is 436 g/mol. The van der Waals surface area contributed by atoms with E-state index in [0.29, 0.717) is 0 Å². The minimum absolute atomic E-state index is 0.0730. The van der Waals surface area contributed by atoms with Crippen LogP contribution in [0.4, 0.5) is 5.69 Å². The fourth-order valence-electron chi connectivity index (χ4n) is 5.28. The minimum atomic E-state index is 0.0730. The number of rotatable bonds is 6. The summed E-state index contributed by atoms with van der Waals surface area (Å²) in [5, 5.41) is 0. The number of nitrogens with two attached hydrogens (primary N) is 1. The third-order valence-electron chi connectivity index (χ3n) is 6.99. The Labute approximate surface area is 208 Å². The molecule has 6 heteroatoms. The number of fused-ring (bicyclic) bond motifs is 1. The van der Waals surface area contributed by atoms with Gasteiger partial charge in [-0.2, -0.15) is 0 Å². The number of amides is 1. The summed E-state index contributed by atoms with van der Waals surface area (Å²) in [6.45, 7) is 9.57. The van der Waals surface area contributed by atoms with Crippen LogP contribution in [0, 0.1) is 0 Å². The Morgan fingerprint density at radius 1 is 1.06 bits per heavy atom. The number of nitrogens with zero attached hydrogens (tertiary/aromatic N) is 3. The fraction of sp³-hybridized carbons (Fsp3) is 0.414. The Bertz CT molecular complexity index is 1130. The van der Waals surface area contributed by atoms with Crippen LogP contribution in [0.5, 0.6) is 5.75 Å². The van der Waals surface area contributed by atoms with Gasteiger partial charge in [0.05, 0.1) is 11.8 Å². The maximum Gasteiger partial charge on any atom is 0.258 e. The van der Waals surface area contributed by atoms with Gasteiger partial charge in [-0.1, -0.05) is 36.4 Å². The molecule has 5 rings (SSSR count). The maximum absolute atomic E-state index is 13.3. The van der Waals surface area contributed by atoms with Crippen LogP contribution in [0.2, 0.25) is 0 Å². The van der Waals surface area contributed by atoms with Crippen LogP contribution >= 0.6 is 0 Å². The van der Waals surface area contributed by atoms with E-state index < -0.39 is 0 Å². The molecule has 0 aromatic heterocycles. The average molecular weight is 473 g/mol. The molecule has 0 saturated carbocycles.